The molecule has 1 saturated carbocycles. The summed E-state index contributed by atoms with van der Waals surface area (Å²) >= 11 is 0. The zero-order chi connectivity index (χ0) is 14.1. The quantitative estimate of drug-likeness (QED) is 0.908. The van der Waals surface area contributed by atoms with Crippen LogP contribution in [0.1, 0.15) is 42.3 Å². The Bertz CT molecular complexity index is 611. The van der Waals surface area contributed by atoms with Crippen LogP contribution in [-0.2, 0) is 13.0 Å². The summed E-state index contributed by atoms with van der Waals surface area (Å²) < 4.78 is 1.97. The van der Waals surface area contributed by atoms with Gasteiger partial charge in [-0.2, -0.15) is 5.10 Å². The average molecular weight is 270 g/mol. The fourth-order valence-electron chi connectivity index (χ4n) is 2.65. The highest BCUT2D eigenvalue weighted by atomic mass is 15.3. The first-order chi connectivity index (χ1) is 9.69. The molecule has 3 rings (SSSR count). The summed E-state index contributed by atoms with van der Waals surface area (Å²) in [4.78, 5) is 4.47. The SMILES string of the molecule is CCc1c(C)nn(-c2cc(CNC3CC3)ccn2)c1C. The van der Waals surface area contributed by atoms with Crippen molar-refractivity contribution in [1.82, 2.24) is 20.1 Å². The Morgan fingerprint density at radius 3 is 2.80 bits per heavy atom. The molecule has 0 bridgehead atoms. The van der Waals surface area contributed by atoms with Gasteiger partial charge in [-0.1, -0.05) is 6.92 Å². The topological polar surface area (TPSA) is 42.7 Å². The molecule has 20 heavy (non-hydrogen) atoms. The summed E-state index contributed by atoms with van der Waals surface area (Å²) in [6.07, 6.45) is 5.52. The molecule has 106 valence electrons. The molecule has 1 N–H and O–H groups in total. The van der Waals surface area contributed by atoms with E-state index in [1.54, 1.807) is 0 Å². The van der Waals surface area contributed by atoms with E-state index in [0.29, 0.717) is 0 Å². The van der Waals surface area contributed by atoms with E-state index in [1.807, 2.05) is 10.9 Å². The molecule has 4 heteroatoms. The Morgan fingerprint density at radius 2 is 2.15 bits per heavy atom. The van der Waals surface area contributed by atoms with Crippen LogP contribution in [-0.4, -0.2) is 20.8 Å². The van der Waals surface area contributed by atoms with Crippen LogP contribution in [0.2, 0.25) is 0 Å². The lowest BCUT2D eigenvalue weighted by Gasteiger charge is -2.07. The van der Waals surface area contributed by atoms with Crippen molar-refractivity contribution in [2.24, 2.45) is 0 Å². The molecule has 2 aromatic heterocycles. The zero-order valence-corrected chi connectivity index (χ0v) is 12.5. The van der Waals surface area contributed by atoms with Gasteiger partial charge in [-0.15, -0.1) is 0 Å². The maximum Gasteiger partial charge on any atom is 0.153 e. The molecule has 2 aromatic rings. The molecule has 0 radical (unpaired) electrons. The van der Waals surface area contributed by atoms with E-state index in [9.17, 15) is 0 Å². The molecule has 1 aliphatic carbocycles. The Balaban J connectivity index is 1.87. The van der Waals surface area contributed by atoms with Crippen LogP contribution in [0.15, 0.2) is 18.3 Å². The van der Waals surface area contributed by atoms with Crippen molar-refractivity contribution in [2.45, 2.75) is 52.6 Å². The van der Waals surface area contributed by atoms with E-state index in [0.717, 1.165) is 30.5 Å². The standard InChI is InChI=1S/C16H22N4/c1-4-15-11(2)19-20(12(15)3)16-9-13(7-8-17-16)10-18-14-5-6-14/h7-9,14,18H,4-6,10H2,1-3H3. The summed E-state index contributed by atoms with van der Waals surface area (Å²) in [6.45, 7) is 7.28. The highest BCUT2D eigenvalue weighted by Crippen LogP contribution is 2.20. The van der Waals surface area contributed by atoms with Gasteiger partial charge in [-0.25, -0.2) is 9.67 Å². The van der Waals surface area contributed by atoms with Crippen molar-refractivity contribution in [3.8, 4) is 5.82 Å². The lowest BCUT2D eigenvalue weighted by atomic mass is 10.1. The molecule has 2 heterocycles. The van der Waals surface area contributed by atoms with Crippen molar-refractivity contribution in [3.63, 3.8) is 0 Å². The first-order valence-electron chi connectivity index (χ1n) is 7.42. The van der Waals surface area contributed by atoms with Gasteiger partial charge in [0.25, 0.3) is 0 Å². The largest absolute Gasteiger partial charge is 0.310 e. The van der Waals surface area contributed by atoms with Gasteiger partial charge in [0.1, 0.15) is 0 Å². The summed E-state index contributed by atoms with van der Waals surface area (Å²) in [5, 5.41) is 8.17. The van der Waals surface area contributed by atoms with Crippen molar-refractivity contribution >= 4 is 0 Å². The number of nitrogens with zero attached hydrogens (tertiary/aromatic N) is 3. The number of pyridine rings is 1. The lowest BCUT2D eigenvalue weighted by molar-refractivity contribution is 0.685. The van der Waals surface area contributed by atoms with Gasteiger partial charge in [0, 0.05) is 24.5 Å². The van der Waals surface area contributed by atoms with Gasteiger partial charge in [0.05, 0.1) is 5.69 Å². The minimum Gasteiger partial charge on any atom is -0.310 e. The molecule has 0 unspecified atom stereocenters. The molecular formula is C16H22N4. The zero-order valence-electron chi connectivity index (χ0n) is 12.5. The molecule has 0 spiro atoms. The highest BCUT2D eigenvalue weighted by molar-refractivity contribution is 5.34. The second kappa shape index (κ2) is 5.37. The summed E-state index contributed by atoms with van der Waals surface area (Å²) in [5.74, 6) is 0.917. The molecule has 4 nitrogen and oxygen atoms in total. The maximum absolute atomic E-state index is 4.63. The van der Waals surface area contributed by atoms with Crippen LogP contribution in [0, 0.1) is 13.8 Å². The van der Waals surface area contributed by atoms with Gasteiger partial charge in [0.15, 0.2) is 5.82 Å². The molecule has 0 saturated heterocycles. The minimum absolute atomic E-state index is 0.729. The number of nitrogens with one attached hydrogen (secondary N) is 1. The van der Waals surface area contributed by atoms with E-state index in [-0.39, 0.29) is 0 Å². The van der Waals surface area contributed by atoms with Crippen molar-refractivity contribution < 1.29 is 0 Å². The Hall–Kier alpha value is -1.68. The van der Waals surface area contributed by atoms with Gasteiger partial charge in [-0.3, -0.25) is 0 Å². The van der Waals surface area contributed by atoms with E-state index < -0.39 is 0 Å². The number of rotatable bonds is 5. The second-order valence-electron chi connectivity index (χ2n) is 5.59. The summed E-state index contributed by atoms with van der Waals surface area (Å²) in [6, 6.07) is 4.94. The Morgan fingerprint density at radius 1 is 1.35 bits per heavy atom. The van der Waals surface area contributed by atoms with Crippen LogP contribution < -0.4 is 5.32 Å². The number of aromatic nitrogens is 3. The second-order valence-corrected chi connectivity index (χ2v) is 5.59. The minimum atomic E-state index is 0.729. The predicted octanol–water partition coefficient (Wildman–Crippen LogP) is 2.70. The van der Waals surface area contributed by atoms with Gasteiger partial charge < -0.3 is 5.32 Å². The van der Waals surface area contributed by atoms with E-state index in [1.165, 1.54) is 29.7 Å². The normalized spacial score (nSPS) is 14.8. The van der Waals surface area contributed by atoms with E-state index in [2.05, 4.69) is 48.3 Å². The van der Waals surface area contributed by atoms with Crippen molar-refractivity contribution in [1.29, 1.82) is 0 Å². The fraction of sp³-hybridized carbons (Fsp3) is 0.500. The van der Waals surface area contributed by atoms with E-state index >= 15 is 0 Å². The molecule has 0 amide bonds. The Kier molecular flexibility index (Phi) is 3.57. The summed E-state index contributed by atoms with van der Waals surface area (Å²) in [7, 11) is 0. The van der Waals surface area contributed by atoms with Crippen molar-refractivity contribution in [2.75, 3.05) is 0 Å². The van der Waals surface area contributed by atoms with Crippen molar-refractivity contribution in [3.05, 3.63) is 40.8 Å². The smallest absolute Gasteiger partial charge is 0.153 e. The predicted molar refractivity (Wildman–Crippen MR) is 80.1 cm³/mol. The lowest BCUT2D eigenvalue weighted by Crippen LogP contribution is -2.15. The first kappa shape index (κ1) is 13.3. The molecule has 0 aromatic carbocycles. The number of hydrogen-bond acceptors (Lipinski definition) is 3. The third-order valence-electron chi connectivity index (χ3n) is 3.99. The van der Waals surface area contributed by atoms with Gasteiger partial charge >= 0.3 is 0 Å². The fourth-order valence-corrected chi connectivity index (χ4v) is 2.65. The third-order valence-corrected chi connectivity index (χ3v) is 3.99. The van der Waals surface area contributed by atoms with Crippen LogP contribution in [0.4, 0.5) is 0 Å². The first-order valence-corrected chi connectivity index (χ1v) is 7.42. The molecule has 1 fully saturated rings. The molecule has 1 aliphatic rings. The molecular weight excluding hydrogens is 248 g/mol. The highest BCUT2D eigenvalue weighted by Gasteiger charge is 2.20. The van der Waals surface area contributed by atoms with Crippen LogP contribution in [0.5, 0.6) is 0 Å². The molecule has 0 aliphatic heterocycles. The van der Waals surface area contributed by atoms with Crippen LogP contribution >= 0.6 is 0 Å². The average Bonchev–Trinajstić information content (AvgIpc) is 3.23. The van der Waals surface area contributed by atoms with E-state index in [4.69, 9.17) is 0 Å². The van der Waals surface area contributed by atoms with Gasteiger partial charge in [0.2, 0.25) is 0 Å². The number of hydrogen-bond donors (Lipinski definition) is 1. The maximum atomic E-state index is 4.63. The molecule has 0 atom stereocenters. The Labute approximate surface area is 120 Å². The number of aryl methyl sites for hydroxylation is 1. The third kappa shape index (κ3) is 2.61. The van der Waals surface area contributed by atoms with Gasteiger partial charge in [-0.05, 0) is 56.4 Å². The van der Waals surface area contributed by atoms with Crippen LogP contribution in [0.3, 0.4) is 0 Å². The monoisotopic (exact) mass is 270 g/mol. The summed E-state index contributed by atoms with van der Waals surface area (Å²) in [5.41, 5.74) is 4.90. The van der Waals surface area contributed by atoms with Crippen LogP contribution in [0.25, 0.3) is 5.82 Å².